The Balaban J connectivity index is 2.01. The van der Waals surface area contributed by atoms with Gasteiger partial charge in [-0.2, -0.15) is 0 Å². The van der Waals surface area contributed by atoms with Crippen molar-refractivity contribution >= 4 is 0 Å². The lowest BCUT2D eigenvalue weighted by atomic mass is 10.0. The van der Waals surface area contributed by atoms with Crippen LogP contribution in [0.2, 0.25) is 0 Å². The van der Waals surface area contributed by atoms with Crippen LogP contribution < -0.4 is 4.57 Å². The maximum atomic E-state index is 2.38. The molecule has 0 spiro atoms. The highest BCUT2D eigenvalue weighted by atomic mass is 14.9. The van der Waals surface area contributed by atoms with Crippen molar-refractivity contribution in [2.24, 2.45) is 0 Å². The van der Waals surface area contributed by atoms with Gasteiger partial charge in [0.2, 0.25) is 0 Å². The Morgan fingerprint density at radius 2 is 1.26 bits per heavy atom. The first kappa shape index (κ1) is 20.2. The zero-order chi connectivity index (χ0) is 16.6. The second-order valence-electron chi connectivity index (χ2n) is 7.09. The summed E-state index contributed by atoms with van der Waals surface area (Å²) < 4.78 is 2.38. The number of unbranched alkanes of at least 4 members (excludes halogenated alkanes) is 11. The van der Waals surface area contributed by atoms with Crippen LogP contribution in [0.3, 0.4) is 0 Å². The van der Waals surface area contributed by atoms with E-state index in [-0.39, 0.29) is 0 Å². The smallest absolute Gasteiger partial charge is 0.171 e. The molecule has 0 aromatic carbocycles. The van der Waals surface area contributed by atoms with Crippen molar-refractivity contribution < 1.29 is 4.57 Å². The number of pyridine rings is 1. The van der Waals surface area contributed by atoms with E-state index in [1.165, 1.54) is 102 Å². The van der Waals surface area contributed by atoms with Crippen molar-refractivity contribution in [1.82, 2.24) is 0 Å². The molecule has 1 aromatic heterocycles. The Bertz CT molecular complexity index is 372. The Morgan fingerprint density at radius 3 is 1.91 bits per heavy atom. The number of aryl methyl sites for hydroxylation is 2. The van der Waals surface area contributed by atoms with Crippen molar-refractivity contribution in [2.75, 3.05) is 0 Å². The highest BCUT2D eigenvalue weighted by Gasteiger charge is 2.02. The van der Waals surface area contributed by atoms with Crippen molar-refractivity contribution in [3.05, 3.63) is 30.1 Å². The topological polar surface area (TPSA) is 3.88 Å². The third kappa shape index (κ3) is 11.3. The molecule has 0 aliphatic carbocycles. The van der Waals surface area contributed by atoms with Gasteiger partial charge in [-0.3, -0.25) is 0 Å². The summed E-state index contributed by atoms with van der Waals surface area (Å²) in [6, 6.07) is 4.52. The highest BCUT2D eigenvalue weighted by molar-refractivity contribution is 5.05. The van der Waals surface area contributed by atoms with Gasteiger partial charge >= 0.3 is 0 Å². The molecule has 1 rings (SSSR count). The molecule has 1 heteroatoms. The molecule has 0 amide bonds. The zero-order valence-electron chi connectivity index (χ0n) is 15.9. The van der Waals surface area contributed by atoms with E-state index in [4.69, 9.17) is 0 Å². The molecule has 0 N–H and O–H groups in total. The minimum Gasteiger partial charge on any atom is -0.205 e. The molecule has 0 atom stereocenters. The van der Waals surface area contributed by atoms with E-state index in [9.17, 15) is 0 Å². The third-order valence-corrected chi connectivity index (χ3v) is 4.76. The number of hydrogen-bond donors (Lipinski definition) is 0. The average Bonchev–Trinajstić information content (AvgIpc) is 2.57. The average molecular weight is 319 g/mol. The van der Waals surface area contributed by atoms with Crippen molar-refractivity contribution in [3.63, 3.8) is 0 Å². The Kier molecular flexibility index (Phi) is 12.9. The molecule has 23 heavy (non-hydrogen) atoms. The van der Waals surface area contributed by atoms with Gasteiger partial charge in [-0.15, -0.1) is 0 Å². The van der Waals surface area contributed by atoms with Crippen LogP contribution >= 0.6 is 0 Å². The molecule has 1 nitrogen and oxygen atoms in total. The van der Waals surface area contributed by atoms with Crippen LogP contribution in [0, 0.1) is 0 Å². The summed E-state index contributed by atoms with van der Waals surface area (Å²) in [5.74, 6) is 0. The van der Waals surface area contributed by atoms with Gasteiger partial charge in [-0.25, -0.2) is 4.57 Å². The van der Waals surface area contributed by atoms with Crippen LogP contribution in [0.5, 0.6) is 0 Å². The fourth-order valence-corrected chi connectivity index (χ4v) is 3.22. The highest BCUT2D eigenvalue weighted by Crippen LogP contribution is 2.12. The van der Waals surface area contributed by atoms with E-state index < -0.39 is 0 Å². The minimum absolute atomic E-state index is 1.18. The lowest BCUT2D eigenvalue weighted by molar-refractivity contribution is -0.697. The van der Waals surface area contributed by atoms with Gasteiger partial charge in [-0.05, 0) is 25.3 Å². The van der Waals surface area contributed by atoms with Crippen molar-refractivity contribution in [2.45, 2.75) is 110 Å². The molecule has 0 saturated carbocycles. The molecule has 0 unspecified atom stereocenters. The maximum absolute atomic E-state index is 2.38. The predicted molar refractivity (Wildman–Crippen MR) is 102 cm³/mol. The van der Waals surface area contributed by atoms with E-state index in [0.717, 1.165) is 0 Å². The molecule has 132 valence electrons. The van der Waals surface area contributed by atoms with Crippen LogP contribution in [-0.2, 0) is 13.0 Å². The number of rotatable bonds is 15. The Morgan fingerprint density at radius 1 is 0.696 bits per heavy atom. The van der Waals surface area contributed by atoms with Crippen LogP contribution in [0.1, 0.15) is 103 Å². The minimum atomic E-state index is 1.18. The lowest BCUT2D eigenvalue weighted by Gasteiger charge is -2.03. The summed E-state index contributed by atoms with van der Waals surface area (Å²) in [6.45, 7) is 5.74. The fourth-order valence-electron chi connectivity index (χ4n) is 3.22. The monoisotopic (exact) mass is 318 g/mol. The van der Waals surface area contributed by atoms with Gasteiger partial charge in [0, 0.05) is 18.1 Å². The molecular weight excluding hydrogens is 278 g/mol. The lowest BCUT2D eigenvalue weighted by Crippen LogP contribution is -2.33. The normalized spacial score (nSPS) is 11.0. The largest absolute Gasteiger partial charge is 0.205 e. The number of nitrogens with zero attached hydrogens (tertiary/aromatic N) is 1. The summed E-state index contributed by atoms with van der Waals surface area (Å²) in [5.41, 5.74) is 1.52. The molecule has 0 fully saturated rings. The van der Waals surface area contributed by atoms with Crippen LogP contribution in [0.25, 0.3) is 0 Å². The number of hydrogen-bond acceptors (Lipinski definition) is 0. The first-order valence-corrected chi connectivity index (χ1v) is 10.3. The van der Waals surface area contributed by atoms with E-state index >= 15 is 0 Å². The zero-order valence-corrected chi connectivity index (χ0v) is 15.9. The summed E-state index contributed by atoms with van der Waals surface area (Å²) in [4.78, 5) is 0. The molecule has 0 radical (unpaired) electrons. The fraction of sp³-hybridized carbons (Fsp3) is 0.773. The third-order valence-electron chi connectivity index (χ3n) is 4.76. The summed E-state index contributed by atoms with van der Waals surface area (Å²) in [5, 5.41) is 0. The quantitative estimate of drug-likeness (QED) is 0.252. The van der Waals surface area contributed by atoms with Crippen LogP contribution in [0.4, 0.5) is 0 Å². The standard InChI is InChI=1S/C22H40N/c1-3-5-7-8-9-10-11-12-13-14-17-22-18-16-20-23(21-22)19-15-6-4-2/h16,18,20-21H,3-15,17,19H2,1-2H3/q+1. The maximum Gasteiger partial charge on any atom is 0.171 e. The Labute approximate surface area is 145 Å². The van der Waals surface area contributed by atoms with Gasteiger partial charge in [-0.1, -0.05) is 78.1 Å². The van der Waals surface area contributed by atoms with Gasteiger partial charge in [0.25, 0.3) is 0 Å². The van der Waals surface area contributed by atoms with Gasteiger partial charge < -0.3 is 0 Å². The van der Waals surface area contributed by atoms with E-state index in [1.807, 2.05) is 0 Å². The summed E-state index contributed by atoms with van der Waals surface area (Å²) in [7, 11) is 0. The Hall–Kier alpha value is -0.850. The summed E-state index contributed by atoms with van der Waals surface area (Å²) in [6.07, 6.45) is 24.0. The number of aromatic nitrogens is 1. The molecule has 0 bridgehead atoms. The molecule has 0 aliphatic rings. The van der Waals surface area contributed by atoms with E-state index in [1.54, 1.807) is 0 Å². The van der Waals surface area contributed by atoms with E-state index in [0.29, 0.717) is 0 Å². The molecular formula is C22H40N+. The second kappa shape index (κ2) is 14.7. The SMILES string of the molecule is CCCCCCCCCCCCc1ccc[n+](CCCCC)c1. The van der Waals surface area contributed by atoms with Gasteiger partial charge in [0.1, 0.15) is 6.54 Å². The second-order valence-corrected chi connectivity index (χ2v) is 7.09. The van der Waals surface area contributed by atoms with Gasteiger partial charge in [0.05, 0.1) is 0 Å². The molecule has 1 heterocycles. The first-order chi connectivity index (χ1) is 11.4. The molecule has 0 aliphatic heterocycles. The molecule has 1 aromatic rings. The molecule has 0 saturated heterocycles. The van der Waals surface area contributed by atoms with Gasteiger partial charge in [0.15, 0.2) is 12.4 Å². The van der Waals surface area contributed by atoms with Crippen molar-refractivity contribution in [3.8, 4) is 0 Å². The first-order valence-electron chi connectivity index (χ1n) is 10.3. The van der Waals surface area contributed by atoms with Crippen LogP contribution in [-0.4, -0.2) is 0 Å². The predicted octanol–water partition coefficient (Wildman–Crippen LogP) is 6.63. The van der Waals surface area contributed by atoms with E-state index in [2.05, 4.69) is 42.9 Å². The van der Waals surface area contributed by atoms with Crippen molar-refractivity contribution in [1.29, 1.82) is 0 Å². The van der Waals surface area contributed by atoms with Crippen LogP contribution in [0.15, 0.2) is 24.5 Å². The summed E-state index contributed by atoms with van der Waals surface area (Å²) >= 11 is 0.